The van der Waals surface area contributed by atoms with E-state index >= 15 is 0 Å². The molecule has 3 heteroatoms. The van der Waals surface area contributed by atoms with Gasteiger partial charge in [-0.2, -0.15) is 0 Å². The van der Waals surface area contributed by atoms with Crippen LogP contribution >= 0.6 is 23.4 Å². The predicted octanol–water partition coefficient (Wildman–Crippen LogP) is 4.39. The third-order valence-electron chi connectivity index (χ3n) is 3.08. The topological polar surface area (TPSA) is 26.0 Å². The lowest BCUT2D eigenvalue weighted by Crippen LogP contribution is -2.04. The van der Waals surface area contributed by atoms with Crippen LogP contribution in [0.1, 0.15) is 44.2 Å². The normalized spacial score (nSPS) is 18.9. The Morgan fingerprint density at radius 1 is 1.38 bits per heavy atom. The Kier molecular flexibility index (Phi) is 4.17. The lowest BCUT2D eigenvalue weighted by molar-refractivity contribution is 0.816. The maximum atomic E-state index is 6.28. The predicted molar refractivity (Wildman–Crippen MR) is 72.2 cm³/mol. The number of nitrogens with two attached hydrogens (primary N) is 1. The smallest absolute Gasteiger partial charge is 0.0545 e. The van der Waals surface area contributed by atoms with Gasteiger partial charge in [-0.3, -0.25) is 0 Å². The highest BCUT2D eigenvalue weighted by molar-refractivity contribution is 8.00. The Morgan fingerprint density at radius 2 is 2.06 bits per heavy atom. The summed E-state index contributed by atoms with van der Waals surface area (Å²) >= 11 is 8.20. The van der Waals surface area contributed by atoms with Gasteiger partial charge in [-0.25, -0.2) is 0 Å². The number of rotatable bonds is 3. The molecule has 0 radical (unpaired) electrons. The minimum absolute atomic E-state index is 0.0584. The Labute approximate surface area is 107 Å². The molecule has 0 aromatic heterocycles. The van der Waals surface area contributed by atoms with Gasteiger partial charge in [0.1, 0.15) is 0 Å². The molecule has 1 aromatic rings. The maximum absolute atomic E-state index is 6.28. The van der Waals surface area contributed by atoms with Crippen molar-refractivity contribution in [1.29, 1.82) is 0 Å². The van der Waals surface area contributed by atoms with Gasteiger partial charge in [-0.05, 0) is 37.5 Å². The molecule has 88 valence electrons. The van der Waals surface area contributed by atoms with Crippen LogP contribution in [0, 0.1) is 0 Å². The molecule has 1 aliphatic rings. The van der Waals surface area contributed by atoms with Gasteiger partial charge < -0.3 is 5.73 Å². The molecule has 2 rings (SSSR count). The van der Waals surface area contributed by atoms with E-state index in [-0.39, 0.29) is 6.04 Å². The first-order chi connectivity index (χ1) is 7.66. The average molecular weight is 256 g/mol. The lowest BCUT2D eigenvalue weighted by Gasteiger charge is -2.12. The van der Waals surface area contributed by atoms with Gasteiger partial charge in [0.2, 0.25) is 0 Å². The average Bonchev–Trinajstić information content (AvgIpc) is 2.73. The van der Waals surface area contributed by atoms with E-state index in [0.717, 1.165) is 15.8 Å². The molecule has 1 fully saturated rings. The number of hydrogen-bond acceptors (Lipinski definition) is 2. The van der Waals surface area contributed by atoms with E-state index in [4.69, 9.17) is 17.3 Å². The molecule has 0 bridgehead atoms. The molecule has 1 nitrogen and oxygen atoms in total. The Morgan fingerprint density at radius 3 is 2.62 bits per heavy atom. The van der Waals surface area contributed by atoms with Crippen molar-refractivity contribution >= 4 is 23.4 Å². The zero-order valence-electron chi connectivity index (χ0n) is 9.58. The maximum Gasteiger partial charge on any atom is 0.0545 e. The number of hydrogen-bond donors (Lipinski definition) is 1. The number of thioether (sulfide) groups is 1. The Hall–Kier alpha value is -0.180. The SMILES string of the molecule is C[C@@H](N)c1ccc(SC2CCCC2)c(Cl)c1. The van der Waals surface area contributed by atoms with Crippen molar-refractivity contribution in [2.45, 2.75) is 48.8 Å². The Balaban J connectivity index is 2.09. The molecule has 1 saturated carbocycles. The molecule has 0 aliphatic heterocycles. The summed E-state index contributed by atoms with van der Waals surface area (Å²) in [6.07, 6.45) is 5.40. The quantitative estimate of drug-likeness (QED) is 0.867. The summed E-state index contributed by atoms with van der Waals surface area (Å²) in [4.78, 5) is 1.21. The highest BCUT2D eigenvalue weighted by atomic mass is 35.5. The lowest BCUT2D eigenvalue weighted by atomic mass is 10.1. The molecule has 1 aliphatic carbocycles. The van der Waals surface area contributed by atoms with E-state index in [1.54, 1.807) is 0 Å². The standard InChI is InChI=1S/C13H18ClNS/c1-9(15)10-6-7-13(12(14)8-10)16-11-4-2-3-5-11/h6-9,11H,2-5,15H2,1H3/t9-/m1/s1. The third-order valence-corrected chi connectivity index (χ3v) is 4.92. The minimum atomic E-state index is 0.0584. The fourth-order valence-corrected chi connectivity index (χ4v) is 3.65. The van der Waals surface area contributed by atoms with E-state index in [1.807, 2.05) is 24.8 Å². The van der Waals surface area contributed by atoms with Crippen LogP contribution in [0.3, 0.4) is 0 Å². The monoisotopic (exact) mass is 255 g/mol. The van der Waals surface area contributed by atoms with E-state index in [9.17, 15) is 0 Å². The summed E-state index contributed by atoms with van der Waals surface area (Å²) < 4.78 is 0. The fraction of sp³-hybridized carbons (Fsp3) is 0.538. The summed E-state index contributed by atoms with van der Waals surface area (Å²) in [5, 5.41) is 1.62. The summed E-state index contributed by atoms with van der Waals surface area (Å²) in [6.45, 7) is 1.98. The second-order valence-corrected chi connectivity index (χ2v) is 6.25. The van der Waals surface area contributed by atoms with E-state index in [1.165, 1.54) is 30.6 Å². The van der Waals surface area contributed by atoms with Crippen LogP contribution in [-0.4, -0.2) is 5.25 Å². The molecular weight excluding hydrogens is 238 g/mol. The molecule has 0 saturated heterocycles. The van der Waals surface area contributed by atoms with Gasteiger partial charge in [0.25, 0.3) is 0 Å². The molecule has 1 aromatic carbocycles. The summed E-state index contributed by atoms with van der Waals surface area (Å²) in [7, 11) is 0. The molecule has 0 spiro atoms. The molecule has 2 N–H and O–H groups in total. The van der Waals surface area contributed by atoms with Gasteiger partial charge in [0.15, 0.2) is 0 Å². The van der Waals surface area contributed by atoms with Gasteiger partial charge in [0.05, 0.1) is 5.02 Å². The number of benzene rings is 1. The molecule has 0 unspecified atom stereocenters. The Bertz CT molecular complexity index is 359. The second-order valence-electron chi connectivity index (χ2n) is 4.50. The second kappa shape index (κ2) is 5.44. The van der Waals surface area contributed by atoms with E-state index in [0.29, 0.717) is 0 Å². The third kappa shape index (κ3) is 2.93. The van der Waals surface area contributed by atoms with E-state index < -0.39 is 0 Å². The minimum Gasteiger partial charge on any atom is -0.324 e. The molecule has 0 amide bonds. The van der Waals surface area contributed by atoms with Crippen molar-refractivity contribution in [2.75, 3.05) is 0 Å². The largest absolute Gasteiger partial charge is 0.324 e. The summed E-state index contributed by atoms with van der Waals surface area (Å²) in [5.74, 6) is 0. The van der Waals surface area contributed by atoms with Crippen molar-refractivity contribution in [2.24, 2.45) is 5.73 Å². The van der Waals surface area contributed by atoms with Crippen LogP contribution in [0.4, 0.5) is 0 Å². The molecule has 16 heavy (non-hydrogen) atoms. The molecular formula is C13H18ClNS. The van der Waals surface area contributed by atoms with Crippen molar-refractivity contribution in [1.82, 2.24) is 0 Å². The summed E-state index contributed by atoms with van der Waals surface area (Å²) in [5.41, 5.74) is 6.94. The first-order valence-electron chi connectivity index (χ1n) is 5.88. The van der Waals surface area contributed by atoms with Crippen LogP contribution in [0.15, 0.2) is 23.1 Å². The van der Waals surface area contributed by atoms with Gasteiger partial charge in [0, 0.05) is 16.2 Å². The summed E-state index contributed by atoms with van der Waals surface area (Å²) in [6, 6.07) is 6.27. The highest BCUT2D eigenvalue weighted by Gasteiger charge is 2.17. The fourth-order valence-electron chi connectivity index (χ4n) is 2.08. The van der Waals surface area contributed by atoms with Crippen molar-refractivity contribution < 1.29 is 0 Å². The first kappa shape index (κ1) is 12.3. The van der Waals surface area contributed by atoms with Crippen LogP contribution in [0.2, 0.25) is 5.02 Å². The van der Waals surface area contributed by atoms with Crippen molar-refractivity contribution in [3.05, 3.63) is 28.8 Å². The van der Waals surface area contributed by atoms with Crippen LogP contribution in [0.25, 0.3) is 0 Å². The van der Waals surface area contributed by atoms with Crippen LogP contribution in [-0.2, 0) is 0 Å². The first-order valence-corrected chi connectivity index (χ1v) is 7.14. The molecule has 0 heterocycles. The van der Waals surface area contributed by atoms with E-state index in [2.05, 4.69) is 12.1 Å². The van der Waals surface area contributed by atoms with Gasteiger partial charge in [-0.15, -0.1) is 11.8 Å². The van der Waals surface area contributed by atoms with Crippen molar-refractivity contribution in [3.63, 3.8) is 0 Å². The molecule has 1 atom stereocenters. The van der Waals surface area contributed by atoms with Gasteiger partial charge in [-0.1, -0.05) is 30.5 Å². The zero-order valence-corrected chi connectivity index (χ0v) is 11.2. The number of halogens is 1. The van der Waals surface area contributed by atoms with Gasteiger partial charge >= 0.3 is 0 Å². The zero-order chi connectivity index (χ0) is 11.5. The van der Waals surface area contributed by atoms with Crippen LogP contribution < -0.4 is 5.73 Å². The highest BCUT2D eigenvalue weighted by Crippen LogP contribution is 2.38. The van der Waals surface area contributed by atoms with Crippen molar-refractivity contribution in [3.8, 4) is 0 Å². The van der Waals surface area contributed by atoms with Crippen LogP contribution in [0.5, 0.6) is 0 Å².